The number of hydrogen-bond donors (Lipinski definition) is 2. The number of nitrogens with zero attached hydrogens (tertiary/aromatic N) is 3. The van der Waals surface area contributed by atoms with Crippen LogP contribution in [0.15, 0.2) is 11.6 Å². The van der Waals surface area contributed by atoms with E-state index in [0.29, 0.717) is 5.13 Å². The Balaban J connectivity index is 1.74. The first-order valence-corrected chi connectivity index (χ1v) is 8.67. The largest absolute Gasteiger partial charge is 0.481 e. The summed E-state index contributed by atoms with van der Waals surface area (Å²) in [6.45, 7) is 8.38. The Morgan fingerprint density at radius 1 is 1.42 bits per heavy atom. The number of carboxylic acids is 1. The zero-order chi connectivity index (χ0) is 17.6. The number of amides is 1. The maximum atomic E-state index is 12.3. The average Bonchev–Trinajstić information content (AvgIpc) is 2.82. The van der Waals surface area contributed by atoms with Gasteiger partial charge < -0.3 is 10.4 Å². The van der Waals surface area contributed by atoms with Gasteiger partial charge in [-0.15, -0.1) is 11.3 Å². The SMILES string of the molecule is CCn1ncc(-c2csc(NC(=O)[C@@H]3[C@@H](C(=O)O)C3(C)C)n2)c1C. The number of aliphatic carboxylic acids is 1. The zero-order valence-corrected chi connectivity index (χ0v) is 14.8. The van der Waals surface area contributed by atoms with Crippen molar-refractivity contribution in [3.05, 3.63) is 17.3 Å². The van der Waals surface area contributed by atoms with Crippen LogP contribution in [0.25, 0.3) is 11.3 Å². The monoisotopic (exact) mass is 348 g/mol. The fourth-order valence-corrected chi connectivity index (χ4v) is 3.96. The molecule has 0 aromatic carbocycles. The van der Waals surface area contributed by atoms with Crippen LogP contribution in [0.2, 0.25) is 0 Å². The Labute approximate surface area is 143 Å². The van der Waals surface area contributed by atoms with Gasteiger partial charge in [0.25, 0.3) is 0 Å². The maximum absolute atomic E-state index is 12.3. The van der Waals surface area contributed by atoms with Gasteiger partial charge in [-0.1, -0.05) is 13.8 Å². The molecule has 0 unspecified atom stereocenters. The summed E-state index contributed by atoms with van der Waals surface area (Å²) in [6.07, 6.45) is 1.77. The summed E-state index contributed by atoms with van der Waals surface area (Å²) < 4.78 is 1.89. The first-order chi connectivity index (χ1) is 11.3. The van der Waals surface area contributed by atoms with Gasteiger partial charge in [-0.05, 0) is 19.3 Å². The van der Waals surface area contributed by atoms with Crippen LogP contribution in [-0.4, -0.2) is 31.7 Å². The van der Waals surface area contributed by atoms with Crippen LogP contribution in [0.1, 0.15) is 26.5 Å². The lowest BCUT2D eigenvalue weighted by Crippen LogP contribution is -2.17. The van der Waals surface area contributed by atoms with Crippen molar-refractivity contribution in [2.24, 2.45) is 17.3 Å². The lowest BCUT2D eigenvalue weighted by Gasteiger charge is -2.02. The molecule has 3 rings (SSSR count). The predicted octanol–water partition coefficient (Wildman–Crippen LogP) is 2.63. The van der Waals surface area contributed by atoms with Gasteiger partial charge in [-0.25, -0.2) is 4.98 Å². The molecule has 8 heteroatoms. The molecule has 128 valence electrons. The number of rotatable bonds is 5. The number of aryl methyl sites for hydroxylation is 1. The highest BCUT2D eigenvalue weighted by atomic mass is 32.1. The van der Waals surface area contributed by atoms with Gasteiger partial charge in [-0.3, -0.25) is 14.3 Å². The molecule has 1 aliphatic carbocycles. The van der Waals surface area contributed by atoms with E-state index in [1.807, 2.05) is 23.9 Å². The number of thiazole rings is 1. The second kappa shape index (κ2) is 5.70. The highest BCUT2D eigenvalue weighted by molar-refractivity contribution is 7.14. The minimum absolute atomic E-state index is 0.283. The fraction of sp³-hybridized carbons (Fsp3) is 0.500. The van der Waals surface area contributed by atoms with Gasteiger partial charge in [0.15, 0.2) is 5.13 Å². The summed E-state index contributed by atoms with van der Waals surface area (Å²) in [5, 5.41) is 18.6. The molecule has 1 saturated carbocycles. The van der Waals surface area contributed by atoms with E-state index in [1.165, 1.54) is 11.3 Å². The highest BCUT2D eigenvalue weighted by Gasteiger charge is 2.66. The van der Waals surface area contributed by atoms with Crippen molar-refractivity contribution in [2.75, 3.05) is 5.32 Å². The minimum Gasteiger partial charge on any atom is -0.481 e. The smallest absolute Gasteiger partial charge is 0.307 e. The van der Waals surface area contributed by atoms with Crippen LogP contribution >= 0.6 is 11.3 Å². The Morgan fingerprint density at radius 3 is 2.67 bits per heavy atom. The fourth-order valence-electron chi connectivity index (χ4n) is 3.24. The summed E-state index contributed by atoms with van der Waals surface area (Å²) in [4.78, 5) is 28.0. The van der Waals surface area contributed by atoms with E-state index in [9.17, 15) is 14.7 Å². The summed E-state index contributed by atoms with van der Waals surface area (Å²) in [6, 6.07) is 0. The number of carboxylic acid groups (broad SMARTS) is 1. The molecule has 0 bridgehead atoms. The van der Waals surface area contributed by atoms with Crippen molar-refractivity contribution >= 4 is 28.3 Å². The van der Waals surface area contributed by atoms with Gasteiger partial charge in [0, 0.05) is 23.2 Å². The van der Waals surface area contributed by atoms with Crippen molar-refractivity contribution in [3.8, 4) is 11.3 Å². The normalized spacial score (nSPS) is 21.5. The molecule has 2 heterocycles. The maximum Gasteiger partial charge on any atom is 0.307 e. The minimum atomic E-state index is -0.928. The lowest BCUT2D eigenvalue weighted by atomic mass is 10.1. The first kappa shape index (κ1) is 16.6. The quantitative estimate of drug-likeness (QED) is 0.866. The van der Waals surface area contributed by atoms with Crippen LogP contribution in [0, 0.1) is 24.2 Å². The van der Waals surface area contributed by atoms with Gasteiger partial charge in [0.1, 0.15) is 0 Å². The topological polar surface area (TPSA) is 97.1 Å². The molecule has 2 aromatic heterocycles. The Morgan fingerprint density at radius 2 is 2.12 bits per heavy atom. The average molecular weight is 348 g/mol. The Kier molecular flexibility index (Phi) is 3.95. The molecule has 24 heavy (non-hydrogen) atoms. The molecule has 0 spiro atoms. The molecule has 7 nitrogen and oxygen atoms in total. The van der Waals surface area contributed by atoms with Gasteiger partial charge in [0.05, 0.1) is 23.7 Å². The summed E-state index contributed by atoms with van der Waals surface area (Å²) in [5.74, 6) is -2.37. The second-order valence-electron chi connectivity index (χ2n) is 6.60. The van der Waals surface area contributed by atoms with Gasteiger partial charge in [-0.2, -0.15) is 5.10 Å². The molecular formula is C16H20N4O3S. The molecule has 2 N–H and O–H groups in total. The third-order valence-electron chi connectivity index (χ3n) is 4.79. The van der Waals surface area contributed by atoms with Gasteiger partial charge in [0.2, 0.25) is 5.91 Å². The predicted molar refractivity (Wildman–Crippen MR) is 90.8 cm³/mol. The van der Waals surface area contributed by atoms with Crippen molar-refractivity contribution in [2.45, 2.75) is 34.2 Å². The lowest BCUT2D eigenvalue weighted by molar-refractivity contribution is -0.140. The molecule has 0 aliphatic heterocycles. The van der Waals surface area contributed by atoms with Crippen molar-refractivity contribution < 1.29 is 14.7 Å². The number of carbonyl (C=O) groups is 2. The Hall–Kier alpha value is -2.22. The Bertz CT molecular complexity index is 808. The first-order valence-electron chi connectivity index (χ1n) is 7.79. The van der Waals surface area contributed by atoms with Crippen LogP contribution in [-0.2, 0) is 16.1 Å². The van der Waals surface area contributed by atoms with Crippen LogP contribution in [0.5, 0.6) is 0 Å². The number of hydrogen-bond acceptors (Lipinski definition) is 5. The van der Waals surface area contributed by atoms with E-state index < -0.39 is 23.2 Å². The highest BCUT2D eigenvalue weighted by Crippen LogP contribution is 2.58. The standard InChI is InChI=1S/C16H20N4O3S/c1-5-20-8(2)9(6-17-20)10-7-24-15(18-10)19-13(21)11-12(14(22)23)16(11,3)4/h6-7,11-12H,5H2,1-4H3,(H,22,23)(H,18,19,21)/t11-,12-/m0/s1. The third-order valence-corrected chi connectivity index (χ3v) is 5.55. The molecule has 1 fully saturated rings. The van der Waals surface area contributed by atoms with Gasteiger partial charge >= 0.3 is 5.97 Å². The number of nitrogens with one attached hydrogen (secondary N) is 1. The summed E-state index contributed by atoms with van der Waals surface area (Å²) in [7, 11) is 0. The summed E-state index contributed by atoms with van der Waals surface area (Å²) >= 11 is 1.33. The van der Waals surface area contributed by atoms with Crippen LogP contribution < -0.4 is 5.32 Å². The van der Waals surface area contributed by atoms with E-state index >= 15 is 0 Å². The third kappa shape index (κ3) is 2.60. The molecule has 0 radical (unpaired) electrons. The zero-order valence-electron chi connectivity index (χ0n) is 14.0. The van der Waals surface area contributed by atoms with Crippen LogP contribution in [0.3, 0.4) is 0 Å². The molecule has 2 aromatic rings. The number of aromatic nitrogens is 3. The van der Waals surface area contributed by atoms with Crippen molar-refractivity contribution in [1.29, 1.82) is 0 Å². The summed E-state index contributed by atoms with van der Waals surface area (Å²) in [5.41, 5.74) is 2.20. The number of anilines is 1. The molecule has 0 saturated heterocycles. The van der Waals surface area contributed by atoms with Crippen molar-refractivity contribution in [1.82, 2.24) is 14.8 Å². The second-order valence-corrected chi connectivity index (χ2v) is 7.46. The number of carbonyl (C=O) groups excluding carboxylic acids is 1. The van der Waals surface area contributed by atoms with E-state index in [-0.39, 0.29) is 5.91 Å². The van der Waals surface area contributed by atoms with E-state index in [2.05, 4.69) is 15.4 Å². The van der Waals surface area contributed by atoms with E-state index in [1.54, 1.807) is 20.0 Å². The molecule has 1 aliphatic rings. The molecule has 2 atom stereocenters. The van der Waals surface area contributed by atoms with E-state index in [0.717, 1.165) is 23.5 Å². The van der Waals surface area contributed by atoms with Crippen LogP contribution in [0.4, 0.5) is 5.13 Å². The van der Waals surface area contributed by atoms with Crippen molar-refractivity contribution in [3.63, 3.8) is 0 Å². The molecule has 1 amide bonds. The molecular weight excluding hydrogens is 328 g/mol. The van der Waals surface area contributed by atoms with E-state index in [4.69, 9.17) is 0 Å².